The van der Waals surface area contributed by atoms with E-state index in [0.717, 1.165) is 16.8 Å². The summed E-state index contributed by atoms with van der Waals surface area (Å²) in [5.74, 6) is 0.102. The van der Waals surface area contributed by atoms with Gasteiger partial charge in [0.25, 0.3) is 0 Å². The monoisotopic (exact) mass is 487 g/mol. The Morgan fingerprint density at radius 1 is 1.14 bits per heavy atom. The average Bonchev–Trinajstić information content (AvgIpc) is 2.85. The largest absolute Gasteiger partial charge is 0.493 e. The highest BCUT2D eigenvalue weighted by Gasteiger charge is 2.43. The second-order valence-corrected chi connectivity index (χ2v) is 10.0. The smallest absolute Gasteiger partial charge is 0.337 e. The number of allylic oxidation sites excluding steroid dienone is 3. The Labute approximate surface area is 212 Å². The molecule has 188 valence electrons. The third kappa shape index (κ3) is 5.23. The van der Waals surface area contributed by atoms with Crippen molar-refractivity contribution in [3.63, 3.8) is 0 Å². The van der Waals surface area contributed by atoms with E-state index >= 15 is 0 Å². The standard InChI is InChI=1S/C30H33NO5/c1-6-14-35-29(33)26-19(2)31-22-16-30(3,4)17-23(32)28(22)27(26)21-12-13-24(25(15-21)34-5)36-18-20-10-8-7-9-11-20/h6-13,15,27,31H,1,14,16-18H2,2-5H3/t27-/m1/s1. The number of ketones is 1. The van der Waals surface area contributed by atoms with Crippen LogP contribution in [0.25, 0.3) is 0 Å². The van der Waals surface area contributed by atoms with Crippen molar-refractivity contribution in [2.45, 2.75) is 46.1 Å². The molecule has 1 aliphatic heterocycles. The van der Waals surface area contributed by atoms with Gasteiger partial charge in [0.15, 0.2) is 17.3 Å². The lowest BCUT2D eigenvalue weighted by Crippen LogP contribution is -2.38. The predicted octanol–water partition coefficient (Wildman–Crippen LogP) is 5.61. The van der Waals surface area contributed by atoms with E-state index in [9.17, 15) is 9.59 Å². The van der Waals surface area contributed by atoms with Crippen LogP contribution in [0.3, 0.4) is 0 Å². The maximum atomic E-state index is 13.5. The van der Waals surface area contributed by atoms with Gasteiger partial charge in [0.1, 0.15) is 13.2 Å². The summed E-state index contributed by atoms with van der Waals surface area (Å²) >= 11 is 0. The first-order chi connectivity index (χ1) is 17.2. The maximum absolute atomic E-state index is 13.5. The minimum Gasteiger partial charge on any atom is -0.493 e. The fraction of sp³-hybridized carbons (Fsp3) is 0.333. The van der Waals surface area contributed by atoms with Crippen molar-refractivity contribution in [1.29, 1.82) is 0 Å². The van der Waals surface area contributed by atoms with E-state index in [-0.39, 0.29) is 17.8 Å². The van der Waals surface area contributed by atoms with Crippen LogP contribution in [-0.2, 0) is 20.9 Å². The lowest BCUT2D eigenvalue weighted by molar-refractivity contribution is -0.138. The first-order valence-electron chi connectivity index (χ1n) is 12.1. The molecule has 2 aromatic carbocycles. The van der Waals surface area contributed by atoms with Crippen LogP contribution in [0.15, 0.2) is 83.7 Å². The van der Waals surface area contributed by atoms with Crippen LogP contribution in [0, 0.1) is 5.41 Å². The van der Waals surface area contributed by atoms with Gasteiger partial charge in [-0.05, 0) is 42.0 Å². The number of esters is 1. The zero-order valence-electron chi connectivity index (χ0n) is 21.4. The molecule has 6 heteroatoms. The third-order valence-corrected chi connectivity index (χ3v) is 6.55. The van der Waals surface area contributed by atoms with Crippen LogP contribution in [-0.4, -0.2) is 25.5 Å². The second-order valence-electron chi connectivity index (χ2n) is 10.0. The van der Waals surface area contributed by atoms with E-state index in [2.05, 4.69) is 25.7 Å². The molecule has 1 atom stereocenters. The van der Waals surface area contributed by atoms with Crippen LogP contribution in [0.1, 0.15) is 50.7 Å². The molecule has 0 unspecified atom stereocenters. The topological polar surface area (TPSA) is 73.9 Å². The van der Waals surface area contributed by atoms with Crippen molar-refractivity contribution >= 4 is 11.8 Å². The molecule has 1 aliphatic carbocycles. The molecule has 0 radical (unpaired) electrons. The van der Waals surface area contributed by atoms with Gasteiger partial charge < -0.3 is 19.5 Å². The quantitative estimate of drug-likeness (QED) is 0.386. The summed E-state index contributed by atoms with van der Waals surface area (Å²) in [6.07, 6.45) is 2.65. The van der Waals surface area contributed by atoms with Crippen LogP contribution in [0.5, 0.6) is 11.5 Å². The summed E-state index contributed by atoms with van der Waals surface area (Å²) < 4.78 is 17.1. The molecule has 0 amide bonds. The summed E-state index contributed by atoms with van der Waals surface area (Å²) in [7, 11) is 1.58. The van der Waals surface area contributed by atoms with E-state index in [1.807, 2.05) is 55.5 Å². The van der Waals surface area contributed by atoms with Gasteiger partial charge in [-0.15, -0.1) is 0 Å². The summed E-state index contributed by atoms with van der Waals surface area (Å²) in [6.45, 7) is 10.1. The second kappa shape index (κ2) is 10.4. The molecule has 4 rings (SSSR count). The number of carbonyl (C=O) groups is 2. The van der Waals surface area contributed by atoms with Crippen LogP contribution >= 0.6 is 0 Å². The highest BCUT2D eigenvalue weighted by atomic mass is 16.5. The molecule has 36 heavy (non-hydrogen) atoms. The fourth-order valence-electron chi connectivity index (χ4n) is 4.97. The summed E-state index contributed by atoms with van der Waals surface area (Å²) in [6, 6.07) is 15.5. The molecule has 0 aromatic heterocycles. The number of hydrogen-bond acceptors (Lipinski definition) is 6. The minimum atomic E-state index is -0.570. The van der Waals surface area contributed by atoms with Gasteiger partial charge in [0, 0.05) is 29.3 Å². The molecular formula is C30H33NO5. The molecule has 0 saturated heterocycles. The zero-order chi connectivity index (χ0) is 25.9. The highest BCUT2D eigenvalue weighted by molar-refractivity contribution is 6.04. The van der Waals surface area contributed by atoms with Crippen LogP contribution < -0.4 is 14.8 Å². The number of benzene rings is 2. The van der Waals surface area contributed by atoms with Crippen molar-refractivity contribution in [3.8, 4) is 11.5 Å². The summed E-state index contributed by atoms with van der Waals surface area (Å²) in [5, 5.41) is 3.35. The number of carbonyl (C=O) groups excluding carboxylic acids is 2. The lowest BCUT2D eigenvalue weighted by atomic mass is 9.68. The van der Waals surface area contributed by atoms with E-state index in [4.69, 9.17) is 14.2 Å². The molecule has 1 N–H and O–H groups in total. The maximum Gasteiger partial charge on any atom is 0.337 e. The third-order valence-electron chi connectivity index (χ3n) is 6.55. The Morgan fingerprint density at radius 2 is 1.89 bits per heavy atom. The van der Waals surface area contributed by atoms with E-state index in [1.165, 1.54) is 6.08 Å². The SMILES string of the molecule is C=CCOC(=O)C1=C(C)NC2=C(C(=O)CC(C)(C)C2)[C@@H]1c1ccc(OCc2ccccc2)c(OC)c1. The molecule has 0 bridgehead atoms. The molecule has 6 nitrogen and oxygen atoms in total. The van der Waals surface area contributed by atoms with Gasteiger partial charge in [-0.1, -0.05) is 62.9 Å². The Hall–Kier alpha value is -3.80. The fourth-order valence-corrected chi connectivity index (χ4v) is 4.97. The summed E-state index contributed by atoms with van der Waals surface area (Å²) in [5.41, 5.74) is 4.23. The Kier molecular flexibility index (Phi) is 7.34. The molecule has 2 aromatic rings. The minimum absolute atomic E-state index is 0.0311. The molecule has 0 saturated carbocycles. The van der Waals surface area contributed by atoms with E-state index in [0.29, 0.717) is 47.8 Å². The van der Waals surface area contributed by atoms with Gasteiger partial charge in [0.05, 0.1) is 12.7 Å². The number of dihydropyridines is 1. The highest BCUT2D eigenvalue weighted by Crippen LogP contribution is 2.48. The van der Waals surface area contributed by atoms with Gasteiger partial charge in [0.2, 0.25) is 0 Å². The molecular weight excluding hydrogens is 454 g/mol. The molecule has 2 aliphatic rings. The van der Waals surface area contributed by atoms with Crippen molar-refractivity contribution in [1.82, 2.24) is 5.32 Å². The number of hydrogen-bond donors (Lipinski definition) is 1. The number of nitrogens with one attached hydrogen (secondary N) is 1. The number of ether oxygens (including phenoxy) is 3. The average molecular weight is 488 g/mol. The molecule has 0 fully saturated rings. The number of rotatable bonds is 8. The van der Waals surface area contributed by atoms with E-state index in [1.54, 1.807) is 7.11 Å². The first kappa shape index (κ1) is 25.3. The Bertz CT molecular complexity index is 1240. The van der Waals surface area contributed by atoms with Gasteiger partial charge in [-0.2, -0.15) is 0 Å². The van der Waals surface area contributed by atoms with Gasteiger partial charge in [-0.25, -0.2) is 4.79 Å². The van der Waals surface area contributed by atoms with Crippen LogP contribution in [0.2, 0.25) is 0 Å². The first-order valence-corrected chi connectivity index (χ1v) is 12.1. The van der Waals surface area contributed by atoms with Gasteiger partial charge >= 0.3 is 5.97 Å². The Morgan fingerprint density at radius 3 is 2.58 bits per heavy atom. The summed E-state index contributed by atoms with van der Waals surface area (Å²) in [4.78, 5) is 26.6. The van der Waals surface area contributed by atoms with Crippen molar-refractivity contribution < 1.29 is 23.8 Å². The zero-order valence-corrected chi connectivity index (χ0v) is 21.4. The number of methoxy groups -OCH3 is 1. The lowest BCUT2D eigenvalue weighted by Gasteiger charge is -2.39. The van der Waals surface area contributed by atoms with Crippen molar-refractivity contribution in [2.24, 2.45) is 5.41 Å². The van der Waals surface area contributed by atoms with Crippen molar-refractivity contribution in [3.05, 3.63) is 94.9 Å². The number of Topliss-reactive ketones (excluding diaryl/α,β-unsaturated/α-hetero) is 1. The van der Waals surface area contributed by atoms with Crippen molar-refractivity contribution in [2.75, 3.05) is 13.7 Å². The molecule has 0 spiro atoms. The van der Waals surface area contributed by atoms with Gasteiger partial charge in [-0.3, -0.25) is 4.79 Å². The normalized spacial score (nSPS) is 18.8. The Balaban J connectivity index is 1.75. The van der Waals surface area contributed by atoms with E-state index < -0.39 is 11.9 Å². The molecule has 1 heterocycles. The van der Waals surface area contributed by atoms with Crippen LogP contribution in [0.4, 0.5) is 0 Å². The predicted molar refractivity (Wildman–Crippen MR) is 139 cm³/mol.